The Morgan fingerprint density at radius 3 is 2.60 bits per heavy atom. The Bertz CT molecular complexity index is 785. The zero-order valence-electron chi connectivity index (χ0n) is 14.9. The Balaban J connectivity index is 1.95. The summed E-state index contributed by atoms with van der Waals surface area (Å²) in [6.07, 6.45) is 0.622. The monoisotopic (exact) mass is 341 g/mol. The lowest BCUT2D eigenvalue weighted by Gasteiger charge is -2.38. The summed E-state index contributed by atoms with van der Waals surface area (Å²) >= 11 is 0. The first-order valence-corrected chi connectivity index (χ1v) is 8.14. The molecule has 1 aliphatic rings. The second kappa shape index (κ2) is 6.27. The molecule has 6 nitrogen and oxygen atoms in total. The van der Waals surface area contributed by atoms with E-state index in [-0.39, 0.29) is 5.41 Å². The van der Waals surface area contributed by atoms with E-state index >= 15 is 0 Å². The van der Waals surface area contributed by atoms with Crippen molar-refractivity contribution in [2.75, 3.05) is 25.6 Å². The molecule has 2 N–H and O–H groups in total. The molecule has 0 radical (unpaired) electrons. The van der Waals surface area contributed by atoms with Crippen LogP contribution in [0, 0.1) is 5.41 Å². The second-order valence-corrected chi connectivity index (χ2v) is 7.15. The molecule has 0 saturated carbocycles. The third kappa shape index (κ3) is 3.38. The molecular weight excluding hydrogens is 318 g/mol. The van der Waals surface area contributed by atoms with Gasteiger partial charge < -0.3 is 20.1 Å². The topological polar surface area (TPSA) is 77.7 Å². The van der Waals surface area contributed by atoms with Gasteiger partial charge in [-0.2, -0.15) is 0 Å². The number of hydrogen-bond donors (Lipinski definition) is 1. The van der Waals surface area contributed by atoms with E-state index in [0.29, 0.717) is 12.4 Å². The third-order valence-electron chi connectivity index (χ3n) is 4.38. The maximum absolute atomic E-state index is 11.3. The number of fused-ring (bicyclic) bond motifs is 1. The van der Waals surface area contributed by atoms with Crippen LogP contribution in [-0.2, 0) is 4.74 Å². The van der Waals surface area contributed by atoms with Crippen molar-refractivity contribution in [2.45, 2.75) is 20.0 Å². The van der Waals surface area contributed by atoms with E-state index in [9.17, 15) is 4.79 Å². The number of nitrogens with zero attached hydrogens (tertiary/aromatic N) is 2. The fourth-order valence-corrected chi connectivity index (χ4v) is 2.98. The number of carbonyl (C=O) groups is 1. The van der Waals surface area contributed by atoms with Gasteiger partial charge in [-0.3, -0.25) is 0 Å². The Morgan fingerprint density at radius 1 is 1.28 bits per heavy atom. The van der Waals surface area contributed by atoms with E-state index in [4.69, 9.17) is 15.2 Å². The van der Waals surface area contributed by atoms with Crippen LogP contribution in [-0.4, -0.2) is 31.8 Å². The zero-order valence-corrected chi connectivity index (χ0v) is 14.9. The lowest BCUT2D eigenvalue weighted by Crippen LogP contribution is -2.37. The van der Waals surface area contributed by atoms with Gasteiger partial charge in [0.05, 0.1) is 6.61 Å². The average molecular weight is 341 g/mol. The van der Waals surface area contributed by atoms with Crippen LogP contribution < -0.4 is 15.4 Å². The van der Waals surface area contributed by atoms with E-state index < -0.39 is 12.2 Å². The number of hydrogen-bond acceptors (Lipinski definition) is 5. The highest BCUT2D eigenvalue weighted by atomic mass is 16.6. The van der Waals surface area contributed by atoms with Crippen molar-refractivity contribution >= 4 is 11.9 Å². The number of benzene rings is 1. The minimum absolute atomic E-state index is 0.349. The van der Waals surface area contributed by atoms with Crippen LogP contribution in [0.2, 0.25) is 0 Å². The predicted octanol–water partition coefficient (Wildman–Crippen LogP) is 3.37. The van der Waals surface area contributed by atoms with Crippen LogP contribution in [0.1, 0.15) is 25.5 Å². The van der Waals surface area contributed by atoms with Crippen LogP contribution in [0.25, 0.3) is 11.1 Å². The van der Waals surface area contributed by atoms with Crippen molar-refractivity contribution in [2.24, 2.45) is 11.1 Å². The lowest BCUT2D eigenvalue weighted by atomic mass is 9.80. The molecule has 0 aliphatic carbocycles. The molecule has 1 amide bonds. The van der Waals surface area contributed by atoms with Gasteiger partial charge in [0.15, 0.2) is 0 Å². The number of primary amides is 1. The molecule has 1 aromatic heterocycles. The van der Waals surface area contributed by atoms with Gasteiger partial charge in [-0.1, -0.05) is 26.0 Å². The van der Waals surface area contributed by atoms with Crippen molar-refractivity contribution in [1.29, 1.82) is 0 Å². The molecule has 2 heterocycles. The number of rotatable bonds is 3. The Labute approximate surface area is 147 Å². The number of ether oxygens (including phenoxy) is 2. The summed E-state index contributed by atoms with van der Waals surface area (Å²) in [5.74, 6) is 1.61. The second-order valence-electron chi connectivity index (χ2n) is 7.15. The van der Waals surface area contributed by atoms with E-state index in [1.54, 1.807) is 0 Å². The summed E-state index contributed by atoms with van der Waals surface area (Å²) < 4.78 is 11.3. The molecule has 0 bridgehead atoms. The number of pyridine rings is 1. The molecule has 0 saturated heterocycles. The standard InChI is InChI=1S/C19H23N3O3/c1-19(2)11-24-15-9-12(5-7-14(15)17(19)25-18(20)23)13-6-8-16(21-10-13)22(3)4/h5-10,17H,11H2,1-4H3,(H2,20,23). The van der Waals surface area contributed by atoms with E-state index in [1.165, 1.54) is 0 Å². The maximum atomic E-state index is 11.3. The van der Waals surface area contributed by atoms with Crippen molar-refractivity contribution in [1.82, 2.24) is 4.98 Å². The van der Waals surface area contributed by atoms with Gasteiger partial charge >= 0.3 is 6.09 Å². The van der Waals surface area contributed by atoms with E-state index in [1.807, 2.05) is 69.4 Å². The lowest BCUT2D eigenvalue weighted by molar-refractivity contribution is -0.0176. The smallest absolute Gasteiger partial charge is 0.405 e. The average Bonchev–Trinajstić information content (AvgIpc) is 2.57. The summed E-state index contributed by atoms with van der Waals surface area (Å²) in [6.45, 7) is 4.42. The SMILES string of the molecule is CN(C)c1ccc(-c2ccc3c(c2)OCC(C)(C)C3OC(N)=O)cn1. The van der Waals surface area contributed by atoms with Crippen LogP contribution in [0.5, 0.6) is 5.75 Å². The molecule has 0 fully saturated rings. The number of anilines is 1. The number of nitrogens with two attached hydrogens (primary N) is 1. The summed E-state index contributed by atoms with van der Waals surface area (Å²) in [7, 11) is 3.91. The summed E-state index contributed by atoms with van der Waals surface area (Å²) in [5.41, 5.74) is 7.72. The summed E-state index contributed by atoms with van der Waals surface area (Å²) in [5, 5.41) is 0. The number of aromatic nitrogens is 1. The first kappa shape index (κ1) is 17.1. The molecule has 1 aromatic carbocycles. The fourth-order valence-electron chi connectivity index (χ4n) is 2.98. The highest BCUT2D eigenvalue weighted by molar-refractivity contribution is 5.68. The summed E-state index contributed by atoms with van der Waals surface area (Å²) in [4.78, 5) is 17.7. The molecule has 6 heteroatoms. The third-order valence-corrected chi connectivity index (χ3v) is 4.38. The zero-order chi connectivity index (χ0) is 18.2. The molecule has 1 aliphatic heterocycles. The Hall–Kier alpha value is -2.76. The van der Waals surface area contributed by atoms with Gasteiger partial charge in [0.2, 0.25) is 0 Å². The van der Waals surface area contributed by atoms with Gasteiger partial charge in [0.25, 0.3) is 0 Å². The van der Waals surface area contributed by atoms with Gasteiger partial charge in [-0.25, -0.2) is 9.78 Å². The van der Waals surface area contributed by atoms with Gasteiger partial charge in [0.1, 0.15) is 17.7 Å². The van der Waals surface area contributed by atoms with Crippen LogP contribution in [0.3, 0.4) is 0 Å². The molecular formula is C19H23N3O3. The highest BCUT2D eigenvalue weighted by Gasteiger charge is 2.40. The molecule has 1 atom stereocenters. The fraction of sp³-hybridized carbons (Fsp3) is 0.368. The van der Waals surface area contributed by atoms with Crippen molar-refractivity contribution in [3.05, 3.63) is 42.1 Å². The maximum Gasteiger partial charge on any atom is 0.405 e. The molecule has 0 spiro atoms. The van der Waals surface area contributed by atoms with E-state index in [0.717, 1.165) is 22.5 Å². The van der Waals surface area contributed by atoms with Crippen molar-refractivity contribution in [3.8, 4) is 16.9 Å². The molecule has 132 valence electrons. The predicted molar refractivity (Wildman–Crippen MR) is 96.7 cm³/mol. The van der Waals surface area contributed by atoms with Crippen molar-refractivity contribution < 1.29 is 14.3 Å². The van der Waals surface area contributed by atoms with Crippen LogP contribution in [0.15, 0.2) is 36.5 Å². The molecule has 3 rings (SSSR count). The van der Waals surface area contributed by atoms with Crippen molar-refractivity contribution in [3.63, 3.8) is 0 Å². The Kier molecular flexibility index (Phi) is 4.29. The highest BCUT2D eigenvalue weighted by Crippen LogP contribution is 2.46. The number of amides is 1. The largest absolute Gasteiger partial charge is 0.492 e. The van der Waals surface area contributed by atoms with Gasteiger partial charge in [-0.15, -0.1) is 0 Å². The molecule has 1 unspecified atom stereocenters. The Morgan fingerprint density at radius 2 is 2.00 bits per heavy atom. The molecule has 2 aromatic rings. The first-order chi connectivity index (χ1) is 11.8. The van der Waals surface area contributed by atoms with Crippen LogP contribution in [0.4, 0.5) is 10.6 Å². The summed E-state index contributed by atoms with van der Waals surface area (Å²) in [6, 6.07) is 9.85. The minimum atomic E-state index is -0.779. The van der Waals surface area contributed by atoms with E-state index in [2.05, 4.69) is 4.98 Å². The normalized spacial score (nSPS) is 18.0. The first-order valence-electron chi connectivity index (χ1n) is 8.14. The minimum Gasteiger partial charge on any atom is -0.492 e. The molecule has 25 heavy (non-hydrogen) atoms. The number of carbonyl (C=O) groups excluding carboxylic acids is 1. The van der Waals surface area contributed by atoms with Gasteiger partial charge in [0, 0.05) is 36.8 Å². The quantitative estimate of drug-likeness (QED) is 0.926. The van der Waals surface area contributed by atoms with Crippen LogP contribution >= 0.6 is 0 Å². The van der Waals surface area contributed by atoms with Gasteiger partial charge in [-0.05, 0) is 23.8 Å².